The van der Waals surface area contributed by atoms with Gasteiger partial charge in [-0.2, -0.15) is 0 Å². The summed E-state index contributed by atoms with van der Waals surface area (Å²) in [5.41, 5.74) is 0.205. The molecular weight excluding hydrogens is 428 g/mol. The van der Waals surface area contributed by atoms with E-state index >= 15 is 0 Å². The molecule has 0 nitrogen and oxygen atoms in total. The van der Waals surface area contributed by atoms with Crippen molar-refractivity contribution in [1.82, 2.24) is 0 Å². The van der Waals surface area contributed by atoms with E-state index in [4.69, 9.17) is 81.2 Å². The molecule has 0 bridgehead atoms. The lowest BCUT2D eigenvalue weighted by molar-refractivity contribution is 0.344. The second-order valence-corrected chi connectivity index (χ2v) is 10.4. The Balaban J connectivity index is 2.68. The first kappa shape index (κ1) is 19.3. The molecule has 0 fully saturated rings. The van der Waals surface area contributed by atoms with E-state index in [9.17, 15) is 0 Å². The van der Waals surface area contributed by atoms with Crippen LogP contribution in [0.2, 0.25) is 0 Å². The Hall–Kier alpha value is 0.990. The average molecular weight is 441 g/mol. The first-order chi connectivity index (χ1) is 9.81. The van der Waals surface area contributed by atoms with Crippen molar-refractivity contribution < 1.29 is 0 Å². The van der Waals surface area contributed by atoms with E-state index in [2.05, 4.69) is 0 Å². The van der Waals surface area contributed by atoms with Gasteiger partial charge in [0.2, 0.25) is 0 Å². The van der Waals surface area contributed by atoms with Crippen LogP contribution < -0.4 is 0 Å². The number of hydrogen-bond acceptors (Lipinski definition) is 0. The van der Waals surface area contributed by atoms with Crippen LogP contribution in [0.5, 0.6) is 0 Å². The van der Waals surface area contributed by atoms with Crippen LogP contribution in [0, 0.1) is 0 Å². The molecule has 1 aliphatic rings. The second kappa shape index (κ2) is 5.77. The molecule has 7 heteroatoms. The first-order valence-electron chi connectivity index (χ1n) is 6.39. The number of halogens is 7. The van der Waals surface area contributed by atoms with Crippen LogP contribution in [-0.2, 0) is 5.41 Å². The Morgan fingerprint density at radius 1 is 0.727 bits per heavy atom. The van der Waals surface area contributed by atoms with Crippen LogP contribution in [0.3, 0.4) is 0 Å². The molecule has 0 saturated carbocycles. The topological polar surface area (TPSA) is 0 Å². The molecule has 1 atom stereocenters. The largest absolute Gasteiger partial charge is 0.189 e. The molecule has 0 amide bonds. The summed E-state index contributed by atoms with van der Waals surface area (Å²) >= 11 is 44.9. The van der Waals surface area contributed by atoms with Gasteiger partial charge < -0.3 is 0 Å². The predicted octanol–water partition coefficient (Wildman–Crippen LogP) is 7.03. The normalized spacial score (nSPS) is 29.3. The molecule has 0 aliphatic heterocycles. The molecular formula is C15H13Cl7. The number of alkyl halides is 7. The standard InChI is InChI=1S/C15H13Cl7/c1-11(2,10-6-4-3-5-7-10)12(16)8-9-13(17,18)15(21,22)14(12,19)20/h3-9H,1-2H3. The summed E-state index contributed by atoms with van der Waals surface area (Å²) in [5, 5.41) is 0. The highest BCUT2D eigenvalue weighted by Gasteiger charge is 2.73. The van der Waals surface area contributed by atoms with E-state index in [1.165, 1.54) is 6.08 Å². The molecule has 122 valence electrons. The lowest BCUT2D eigenvalue weighted by atomic mass is 9.68. The van der Waals surface area contributed by atoms with E-state index in [-0.39, 0.29) is 0 Å². The van der Waals surface area contributed by atoms with Crippen molar-refractivity contribution in [2.24, 2.45) is 0 Å². The second-order valence-electron chi connectivity index (χ2n) is 5.81. The summed E-state index contributed by atoms with van der Waals surface area (Å²) in [6.07, 6.45) is 3.00. The smallest absolute Gasteiger partial charge is 0.110 e. The van der Waals surface area contributed by atoms with Crippen molar-refractivity contribution in [3.63, 3.8) is 0 Å². The van der Waals surface area contributed by atoms with Crippen molar-refractivity contribution in [2.45, 2.75) is 37.1 Å². The summed E-state index contributed by atoms with van der Waals surface area (Å²) in [4.78, 5) is -1.35. The van der Waals surface area contributed by atoms with Crippen molar-refractivity contribution in [1.29, 1.82) is 0 Å². The summed E-state index contributed by atoms with van der Waals surface area (Å²) < 4.78 is -5.46. The molecule has 1 aromatic rings. The molecule has 1 aromatic carbocycles. The quantitative estimate of drug-likeness (QED) is 0.341. The zero-order chi connectivity index (χ0) is 17.0. The summed E-state index contributed by atoms with van der Waals surface area (Å²) in [7, 11) is 0. The third-order valence-corrected chi connectivity index (χ3v) is 9.19. The van der Waals surface area contributed by atoms with E-state index < -0.39 is 23.3 Å². The van der Waals surface area contributed by atoms with Crippen molar-refractivity contribution >= 4 is 81.2 Å². The van der Waals surface area contributed by atoms with Gasteiger partial charge in [0, 0.05) is 5.41 Å². The van der Waals surface area contributed by atoms with Crippen LogP contribution >= 0.6 is 81.2 Å². The maximum absolute atomic E-state index is 6.87. The summed E-state index contributed by atoms with van der Waals surface area (Å²) in [5.74, 6) is 0. The van der Waals surface area contributed by atoms with Gasteiger partial charge in [0.15, 0.2) is 13.0 Å². The number of rotatable bonds is 2. The number of allylic oxidation sites excluding steroid dienone is 2. The maximum atomic E-state index is 6.87. The Labute approximate surface area is 165 Å². The highest BCUT2D eigenvalue weighted by molar-refractivity contribution is 6.72. The van der Waals surface area contributed by atoms with Gasteiger partial charge in [-0.3, -0.25) is 0 Å². The zero-order valence-corrected chi connectivity index (χ0v) is 17.0. The van der Waals surface area contributed by atoms with Crippen LogP contribution in [0.25, 0.3) is 0 Å². The molecule has 0 spiro atoms. The highest BCUT2D eigenvalue weighted by atomic mass is 35.5. The van der Waals surface area contributed by atoms with Crippen molar-refractivity contribution in [3.05, 3.63) is 48.0 Å². The Morgan fingerprint density at radius 2 is 1.23 bits per heavy atom. The van der Waals surface area contributed by atoms with Crippen LogP contribution in [0.4, 0.5) is 0 Å². The highest BCUT2D eigenvalue weighted by Crippen LogP contribution is 2.67. The fourth-order valence-corrected chi connectivity index (χ4v) is 4.87. The molecule has 22 heavy (non-hydrogen) atoms. The Morgan fingerprint density at radius 3 is 1.73 bits per heavy atom. The molecule has 1 aliphatic carbocycles. The van der Waals surface area contributed by atoms with Gasteiger partial charge in [-0.1, -0.05) is 120 Å². The van der Waals surface area contributed by atoms with Crippen LogP contribution in [0.15, 0.2) is 42.5 Å². The molecule has 0 saturated heterocycles. The number of benzene rings is 1. The molecule has 0 N–H and O–H groups in total. The van der Waals surface area contributed by atoms with Crippen LogP contribution in [-0.4, -0.2) is 17.9 Å². The SMILES string of the molecule is CC(C)(c1ccccc1)C1(Cl)C=CC(Cl)(Cl)C(Cl)(Cl)C1(Cl)Cl. The van der Waals surface area contributed by atoms with E-state index in [0.717, 1.165) is 5.56 Å². The van der Waals surface area contributed by atoms with Gasteiger partial charge in [0.25, 0.3) is 0 Å². The molecule has 1 unspecified atom stereocenters. The van der Waals surface area contributed by atoms with Gasteiger partial charge in [0.05, 0.1) is 0 Å². The summed E-state index contributed by atoms with van der Waals surface area (Å²) in [6, 6.07) is 9.55. The van der Waals surface area contributed by atoms with Gasteiger partial charge in [-0.15, -0.1) is 11.6 Å². The van der Waals surface area contributed by atoms with Gasteiger partial charge >= 0.3 is 0 Å². The molecule has 0 radical (unpaired) electrons. The van der Waals surface area contributed by atoms with E-state index in [1.54, 1.807) is 6.08 Å². The monoisotopic (exact) mass is 438 g/mol. The van der Waals surface area contributed by atoms with Gasteiger partial charge in [-0.25, -0.2) is 0 Å². The minimum absolute atomic E-state index is 0.713. The Kier molecular flexibility index (Phi) is 5.06. The first-order valence-corrected chi connectivity index (χ1v) is 9.04. The lowest BCUT2D eigenvalue weighted by Gasteiger charge is -2.56. The lowest BCUT2D eigenvalue weighted by Crippen LogP contribution is -2.67. The molecule has 0 heterocycles. The fraction of sp³-hybridized carbons (Fsp3) is 0.467. The third-order valence-electron chi connectivity index (χ3n) is 4.20. The van der Waals surface area contributed by atoms with Crippen molar-refractivity contribution in [2.75, 3.05) is 0 Å². The minimum Gasteiger partial charge on any atom is -0.110 e. The molecule has 0 aromatic heterocycles. The average Bonchev–Trinajstić information content (AvgIpc) is 2.43. The zero-order valence-electron chi connectivity index (χ0n) is 11.7. The van der Waals surface area contributed by atoms with Gasteiger partial charge in [0.1, 0.15) is 4.87 Å². The van der Waals surface area contributed by atoms with Crippen molar-refractivity contribution in [3.8, 4) is 0 Å². The predicted molar refractivity (Wildman–Crippen MR) is 101 cm³/mol. The molecule has 2 rings (SSSR count). The maximum Gasteiger partial charge on any atom is 0.189 e. The van der Waals surface area contributed by atoms with Gasteiger partial charge in [-0.05, 0) is 11.6 Å². The third kappa shape index (κ3) is 2.49. The minimum atomic E-state index is -1.92. The van der Waals surface area contributed by atoms with Crippen LogP contribution in [0.1, 0.15) is 19.4 Å². The van der Waals surface area contributed by atoms with E-state index in [1.807, 2.05) is 44.2 Å². The number of hydrogen-bond donors (Lipinski definition) is 0. The van der Waals surface area contributed by atoms with E-state index in [0.29, 0.717) is 0 Å². The fourth-order valence-electron chi connectivity index (χ4n) is 2.53. The summed E-state index contributed by atoms with van der Waals surface area (Å²) in [6.45, 7) is 3.80. The Bertz CT molecular complexity index is 589.